The van der Waals surface area contributed by atoms with Gasteiger partial charge in [-0.15, -0.1) is 0 Å². The SMILES string of the molecule is CCOc1ccc2ccccc2c1C(=O)N1CCCC1. The molecule has 0 unspecified atom stereocenters. The molecule has 3 rings (SSSR count). The molecule has 1 saturated heterocycles. The Balaban J connectivity index is 2.13. The average molecular weight is 269 g/mol. The monoisotopic (exact) mass is 269 g/mol. The van der Waals surface area contributed by atoms with Crippen LogP contribution in [0.4, 0.5) is 0 Å². The van der Waals surface area contributed by atoms with Gasteiger partial charge in [-0.25, -0.2) is 0 Å². The highest BCUT2D eigenvalue weighted by molar-refractivity contribution is 6.09. The summed E-state index contributed by atoms with van der Waals surface area (Å²) in [6.45, 7) is 4.22. The molecule has 0 aromatic heterocycles. The van der Waals surface area contributed by atoms with Crippen molar-refractivity contribution in [2.45, 2.75) is 19.8 Å². The zero-order chi connectivity index (χ0) is 13.9. The Hall–Kier alpha value is -2.03. The fourth-order valence-electron chi connectivity index (χ4n) is 2.83. The summed E-state index contributed by atoms with van der Waals surface area (Å²) in [5, 5.41) is 2.06. The first-order chi connectivity index (χ1) is 9.81. The van der Waals surface area contributed by atoms with Gasteiger partial charge in [0, 0.05) is 13.1 Å². The highest BCUT2D eigenvalue weighted by atomic mass is 16.5. The van der Waals surface area contributed by atoms with E-state index in [2.05, 4.69) is 0 Å². The highest BCUT2D eigenvalue weighted by Crippen LogP contribution is 2.30. The van der Waals surface area contributed by atoms with Crippen molar-refractivity contribution in [3.8, 4) is 5.75 Å². The number of hydrogen-bond acceptors (Lipinski definition) is 2. The molecule has 2 aromatic rings. The van der Waals surface area contributed by atoms with Crippen molar-refractivity contribution in [3.05, 3.63) is 42.0 Å². The van der Waals surface area contributed by atoms with E-state index in [4.69, 9.17) is 4.74 Å². The minimum atomic E-state index is 0.0998. The fraction of sp³-hybridized carbons (Fsp3) is 0.353. The zero-order valence-corrected chi connectivity index (χ0v) is 11.8. The first kappa shape index (κ1) is 13.0. The largest absolute Gasteiger partial charge is 0.493 e. The molecule has 1 aliphatic rings. The molecule has 0 radical (unpaired) electrons. The molecule has 2 aromatic carbocycles. The maximum atomic E-state index is 12.8. The standard InChI is InChI=1S/C17H19NO2/c1-2-20-15-10-9-13-7-3-4-8-14(13)16(15)17(19)18-11-5-6-12-18/h3-4,7-10H,2,5-6,11-12H2,1H3. The second kappa shape index (κ2) is 5.53. The summed E-state index contributed by atoms with van der Waals surface area (Å²) in [4.78, 5) is 14.7. The zero-order valence-electron chi connectivity index (χ0n) is 11.8. The highest BCUT2D eigenvalue weighted by Gasteiger charge is 2.24. The van der Waals surface area contributed by atoms with E-state index in [0.29, 0.717) is 17.9 Å². The van der Waals surface area contributed by atoms with Crippen LogP contribution in [0.15, 0.2) is 36.4 Å². The molecule has 3 heteroatoms. The van der Waals surface area contributed by atoms with Crippen LogP contribution in [0.25, 0.3) is 10.8 Å². The van der Waals surface area contributed by atoms with Crippen LogP contribution in [0.2, 0.25) is 0 Å². The Morgan fingerprint density at radius 2 is 1.90 bits per heavy atom. The molecule has 0 aliphatic carbocycles. The fourth-order valence-corrected chi connectivity index (χ4v) is 2.83. The molecule has 1 fully saturated rings. The summed E-state index contributed by atoms with van der Waals surface area (Å²) in [5.41, 5.74) is 0.715. The number of amides is 1. The van der Waals surface area contributed by atoms with Gasteiger partial charge in [-0.05, 0) is 36.6 Å². The van der Waals surface area contributed by atoms with Crippen LogP contribution in [-0.2, 0) is 0 Å². The summed E-state index contributed by atoms with van der Waals surface area (Å²) in [7, 11) is 0. The van der Waals surface area contributed by atoms with Gasteiger partial charge in [0.2, 0.25) is 0 Å². The molecule has 1 heterocycles. The summed E-state index contributed by atoms with van der Waals surface area (Å²) >= 11 is 0. The van der Waals surface area contributed by atoms with Gasteiger partial charge in [0.15, 0.2) is 0 Å². The Morgan fingerprint density at radius 1 is 1.15 bits per heavy atom. The van der Waals surface area contributed by atoms with E-state index < -0.39 is 0 Å². The van der Waals surface area contributed by atoms with Gasteiger partial charge in [-0.3, -0.25) is 4.79 Å². The van der Waals surface area contributed by atoms with Gasteiger partial charge in [-0.2, -0.15) is 0 Å². The van der Waals surface area contributed by atoms with Gasteiger partial charge in [0.05, 0.1) is 12.2 Å². The van der Waals surface area contributed by atoms with Crippen molar-refractivity contribution in [2.24, 2.45) is 0 Å². The first-order valence-corrected chi connectivity index (χ1v) is 7.25. The number of hydrogen-bond donors (Lipinski definition) is 0. The lowest BCUT2D eigenvalue weighted by Crippen LogP contribution is -2.28. The maximum Gasteiger partial charge on any atom is 0.258 e. The summed E-state index contributed by atoms with van der Waals surface area (Å²) in [5.74, 6) is 0.797. The maximum absolute atomic E-state index is 12.8. The Bertz CT molecular complexity index is 630. The van der Waals surface area contributed by atoms with Crippen LogP contribution >= 0.6 is 0 Å². The van der Waals surface area contributed by atoms with Crippen LogP contribution in [0.5, 0.6) is 5.75 Å². The topological polar surface area (TPSA) is 29.5 Å². The van der Waals surface area contributed by atoms with Crippen molar-refractivity contribution in [3.63, 3.8) is 0 Å². The molecular formula is C17H19NO2. The van der Waals surface area contributed by atoms with Gasteiger partial charge < -0.3 is 9.64 Å². The lowest BCUT2D eigenvalue weighted by atomic mass is 10.0. The number of carbonyl (C=O) groups excluding carboxylic acids is 1. The second-order valence-electron chi connectivity index (χ2n) is 5.09. The molecule has 0 spiro atoms. The van der Waals surface area contributed by atoms with E-state index in [0.717, 1.165) is 36.7 Å². The molecule has 1 aliphatic heterocycles. The predicted octanol–water partition coefficient (Wildman–Crippen LogP) is 3.47. The van der Waals surface area contributed by atoms with Crippen molar-refractivity contribution in [1.29, 1.82) is 0 Å². The van der Waals surface area contributed by atoms with E-state index in [1.165, 1.54) is 0 Å². The van der Waals surface area contributed by atoms with E-state index >= 15 is 0 Å². The van der Waals surface area contributed by atoms with Crippen molar-refractivity contribution in [1.82, 2.24) is 4.90 Å². The quantitative estimate of drug-likeness (QED) is 0.853. The molecular weight excluding hydrogens is 250 g/mol. The third-order valence-electron chi connectivity index (χ3n) is 3.80. The number of likely N-dealkylation sites (tertiary alicyclic amines) is 1. The van der Waals surface area contributed by atoms with Gasteiger partial charge in [0.25, 0.3) is 5.91 Å². The smallest absolute Gasteiger partial charge is 0.258 e. The lowest BCUT2D eigenvalue weighted by molar-refractivity contribution is 0.0791. The van der Waals surface area contributed by atoms with Crippen LogP contribution in [-0.4, -0.2) is 30.5 Å². The first-order valence-electron chi connectivity index (χ1n) is 7.25. The van der Waals surface area contributed by atoms with Crippen LogP contribution in [0.3, 0.4) is 0 Å². The van der Waals surface area contributed by atoms with Crippen molar-refractivity contribution < 1.29 is 9.53 Å². The predicted molar refractivity (Wildman–Crippen MR) is 80.3 cm³/mol. The van der Waals surface area contributed by atoms with Gasteiger partial charge in [-0.1, -0.05) is 30.3 Å². The lowest BCUT2D eigenvalue weighted by Gasteiger charge is -2.19. The molecule has 0 bridgehead atoms. The van der Waals surface area contributed by atoms with Crippen LogP contribution in [0.1, 0.15) is 30.1 Å². The minimum Gasteiger partial charge on any atom is -0.493 e. The van der Waals surface area contributed by atoms with Crippen molar-refractivity contribution >= 4 is 16.7 Å². The Labute approximate surface area is 119 Å². The van der Waals surface area contributed by atoms with E-state index in [9.17, 15) is 4.79 Å². The van der Waals surface area contributed by atoms with Crippen molar-refractivity contribution in [2.75, 3.05) is 19.7 Å². The number of benzene rings is 2. The van der Waals surface area contributed by atoms with E-state index in [-0.39, 0.29) is 5.91 Å². The second-order valence-corrected chi connectivity index (χ2v) is 5.09. The normalized spacial score (nSPS) is 14.8. The molecule has 3 nitrogen and oxygen atoms in total. The van der Waals surface area contributed by atoms with Crippen LogP contribution in [0, 0.1) is 0 Å². The summed E-state index contributed by atoms with van der Waals surface area (Å²) in [6, 6.07) is 11.9. The van der Waals surface area contributed by atoms with Gasteiger partial charge >= 0.3 is 0 Å². The number of carbonyl (C=O) groups is 1. The Morgan fingerprint density at radius 3 is 2.65 bits per heavy atom. The van der Waals surface area contributed by atoms with E-state index in [1.807, 2.05) is 48.2 Å². The number of ether oxygens (including phenoxy) is 1. The van der Waals surface area contributed by atoms with Gasteiger partial charge in [0.1, 0.15) is 5.75 Å². The minimum absolute atomic E-state index is 0.0998. The number of rotatable bonds is 3. The molecule has 104 valence electrons. The summed E-state index contributed by atoms with van der Waals surface area (Å²) in [6.07, 6.45) is 2.20. The molecule has 0 atom stereocenters. The average Bonchev–Trinajstić information content (AvgIpc) is 3.01. The van der Waals surface area contributed by atoms with Crippen LogP contribution < -0.4 is 4.74 Å². The molecule has 0 saturated carbocycles. The molecule has 0 N–H and O–H groups in total. The number of fused-ring (bicyclic) bond motifs is 1. The third kappa shape index (κ3) is 2.24. The third-order valence-corrected chi connectivity index (χ3v) is 3.80. The molecule has 1 amide bonds. The van der Waals surface area contributed by atoms with E-state index in [1.54, 1.807) is 0 Å². The number of nitrogens with zero attached hydrogens (tertiary/aromatic N) is 1. The molecule has 20 heavy (non-hydrogen) atoms. The Kier molecular flexibility index (Phi) is 3.59. The summed E-state index contributed by atoms with van der Waals surface area (Å²) < 4.78 is 5.68.